The van der Waals surface area contributed by atoms with Crippen LogP contribution in [0.15, 0.2) is 9.63 Å². The average molecular weight is 327 g/mol. The van der Waals surface area contributed by atoms with Gasteiger partial charge in [0.2, 0.25) is 5.03 Å². The quantitative estimate of drug-likeness (QED) is 0.726. The maximum absolute atomic E-state index is 11.8. The van der Waals surface area contributed by atoms with Crippen LogP contribution in [0.25, 0.3) is 0 Å². The Balaban J connectivity index is 2.80. The molecule has 0 amide bonds. The van der Waals surface area contributed by atoms with Crippen molar-refractivity contribution in [1.29, 1.82) is 0 Å². The molecule has 1 heterocycles. The third kappa shape index (κ3) is 3.48. The molecule has 1 rings (SSSR count). The van der Waals surface area contributed by atoms with Crippen LogP contribution < -0.4 is 4.72 Å². The molecule has 0 fully saturated rings. The van der Waals surface area contributed by atoms with Gasteiger partial charge >= 0.3 is 5.97 Å². The summed E-state index contributed by atoms with van der Waals surface area (Å²) in [5.74, 6) is -0.651. The van der Waals surface area contributed by atoms with E-state index in [4.69, 9.17) is 0 Å². The summed E-state index contributed by atoms with van der Waals surface area (Å²) in [5, 5.41) is 6.92. The number of halogens is 1. The smallest absolute Gasteiger partial charge is 0.321 e. The lowest BCUT2D eigenvalue weighted by Gasteiger charge is -2.06. The molecule has 0 atom stereocenters. The summed E-state index contributed by atoms with van der Waals surface area (Å²) < 4.78 is 31.4. The van der Waals surface area contributed by atoms with Gasteiger partial charge in [-0.25, -0.2) is 13.1 Å². The Morgan fingerprint density at radius 2 is 2.24 bits per heavy atom. The van der Waals surface area contributed by atoms with Crippen LogP contribution in [0.3, 0.4) is 0 Å². The van der Waals surface area contributed by atoms with Crippen LogP contribution in [-0.4, -0.2) is 42.5 Å². The lowest BCUT2D eigenvalue weighted by atomic mass is 10.7. The Morgan fingerprint density at radius 3 is 2.71 bits per heavy atom. The molecule has 10 heteroatoms. The van der Waals surface area contributed by atoms with E-state index < -0.39 is 22.5 Å². The lowest BCUT2D eigenvalue weighted by Crippen LogP contribution is -2.32. The summed E-state index contributed by atoms with van der Waals surface area (Å²) in [6, 6.07) is 0. The SMILES string of the molecule is CCOC(=O)CNS(=O)(=O)c1c(Br)nnn1C. The van der Waals surface area contributed by atoms with E-state index in [1.54, 1.807) is 6.92 Å². The number of carbonyl (C=O) groups is 1. The van der Waals surface area contributed by atoms with Gasteiger partial charge in [-0.05, 0) is 22.9 Å². The van der Waals surface area contributed by atoms with Gasteiger partial charge in [0.15, 0.2) is 4.60 Å². The minimum absolute atomic E-state index is 0.0800. The number of carbonyl (C=O) groups excluding carboxylic acids is 1. The van der Waals surface area contributed by atoms with Crippen molar-refractivity contribution < 1.29 is 17.9 Å². The molecular formula is C7H11BrN4O4S. The zero-order valence-electron chi connectivity index (χ0n) is 9.18. The number of aromatic nitrogens is 3. The third-order valence-electron chi connectivity index (χ3n) is 1.70. The van der Waals surface area contributed by atoms with E-state index in [0.717, 1.165) is 4.68 Å². The second-order valence-electron chi connectivity index (χ2n) is 2.94. The molecule has 0 unspecified atom stereocenters. The average Bonchev–Trinajstić information content (AvgIpc) is 2.57. The highest BCUT2D eigenvalue weighted by atomic mass is 79.9. The van der Waals surface area contributed by atoms with Crippen molar-refractivity contribution in [3.05, 3.63) is 4.60 Å². The molecule has 96 valence electrons. The molecule has 1 aromatic heterocycles. The number of hydrogen-bond acceptors (Lipinski definition) is 6. The number of sulfonamides is 1. The number of nitrogens with zero attached hydrogens (tertiary/aromatic N) is 3. The fourth-order valence-electron chi connectivity index (χ4n) is 1.04. The van der Waals surface area contributed by atoms with Crippen LogP contribution >= 0.6 is 15.9 Å². The molecule has 0 spiro atoms. The van der Waals surface area contributed by atoms with E-state index in [9.17, 15) is 13.2 Å². The Labute approximate surface area is 107 Å². The van der Waals surface area contributed by atoms with Crippen molar-refractivity contribution in [1.82, 2.24) is 19.7 Å². The maximum atomic E-state index is 11.8. The highest BCUT2D eigenvalue weighted by Crippen LogP contribution is 2.17. The van der Waals surface area contributed by atoms with Gasteiger partial charge in [0, 0.05) is 7.05 Å². The first-order chi connectivity index (χ1) is 7.88. The molecule has 0 radical (unpaired) electrons. The van der Waals surface area contributed by atoms with Crippen LogP contribution in [-0.2, 0) is 26.6 Å². The molecule has 8 nitrogen and oxygen atoms in total. The van der Waals surface area contributed by atoms with E-state index >= 15 is 0 Å². The number of aryl methyl sites for hydroxylation is 1. The largest absolute Gasteiger partial charge is 0.465 e. The molecule has 1 aromatic rings. The summed E-state index contributed by atoms with van der Waals surface area (Å²) in [6.07, 6.45) is 0. The van der Waals surface area contributed by atoms with Gasteiger partial charge in [-0.3, -0.25) is 4.79 Å². The van der Waals surface area contributed by atoms with Crippen molar-refractivity contribution in [3.8, 4) is 0 Å². The molecule has 0 saturated carbocycles. The van der Waals surface area contributed by atoms with Crippen LogP contribution in [0.4, 0.5) is 0 Å². The normalized spacial score (nSPS) is 11.5. The predicted molar refractivity (Wildman–Crippen MR) is 60.5 cm³/mol. The molecule has 0 aliphatic heterocycles. The predicted octanol–water partition coefficient (Wildman–Crippen LogP) is -0.581. The first-order valence-corrected chi connectivity index (χ1v) is 6.86. The van der Waals surface area contributed by atoms with Crippen molar-refractivity contribution in [3.63, 3.8) is 0 Å². The molecule has 1 N–H and O–H groups in total. The highest BCUT2D eigenvalue weighted by Gasteiger charge is 2.24. The van der Waals surface area contributed by atoms with Gasteiger partial charge in [-0.1, -0.05) is 5.21 Å². The number of hydrogen-bond donors (Lipinski definition) is 1. The first kappa shape index (κ1) is 14.1. The minimum Gasteiger partial charge on any atom is -0.465 e. The second kappa shape index (κ2) is 5.56. The number of ether oxygens (including phenoxy) is 1. The number of nitrogens with one attached hydrogen (secondary N) is 1. The zero-order valence-corrected chi connectivity index (χ0v) is 11.6. The second-order valence-corrected chi connectivity index (χ2v) is 5.37. The van der Waals surface area contributed by atoms with E-state index in [1.165, 1.54) is 7.05 Å². The molecule has 0 aliphatic carbocycles. The van der Waals surface area contributed by atoms with Crippen LogP contribution in [0.2, 0.25) is 0 Å². The van der Waals surface area contributed by atoms with Crippen LogP contribution in [0.1, 0.15) is 6.92 Å². The Hall–Kier alpha value is -1.00. The third-order valence-corrected chi connectivity index (χ3v) is 3.99. The van der Waals surface area contributed by atoms with E-state index in [2.05, 4.69) is 35.7 Å². The fourth-order valence-corrected chi connectivity index (χ4v) is 3.10. The van der Waals surface area contributed by atoms with Gasteiger partial charge in [-0.2, -0.15) is 4.72 Å². The Kier molecular flexibility index (Phi) is 4.60. The van der Waals surface area contributed by atoms with Gasteiger partial charge in [0.05, 0.1) is 6.61 Å². The van der Waals surface area contributed by atoms with Crippen molar-refractivity contribution in [2.45, 2.75) is 11.9 Å². The van der Waals surface area contributed by atoms with Gasteiger partial charge in [0.25, 0.3) is 10.0 Å². The Morgan fingerprint density at radius 1 is 1.59 bits per heavy atom. The Bertz CT molecular complexity index is 492. The summed E-state index contributed by atoms with van der Waals surface area (Å²) in [7, 11) is -2.42. The van der Waals surface area contributed by atoms with Crippen LogP contribution in [0.5, 0.6) is 0 Å². The monoisotopic (exact) mass is 326 g/mol. The number of esters is 1. The topological polar surface area (TPSA) is 103 Å². The van der Waals surface area contributed by atoms with Gasteiger partial charge < -0.3 is 4.74 Å². The minimum atomic E-state index is -3.85. The molecular weight excluding hydrogens is 316 g/mol. The summed E-state index contributed by atoms with van der Waals surface area (Å²) in [4.78, 5) is 11.0. The van der Waals surface area contributed by atoms with Gasteiger partial charge in [-0.15, -0.1) is 5.10 Å². The highest BCUT2D eigenvalue weighted by molar-refractivity contribution is 9.10. The maximum Gasteiger partial charge on any atom is 0.321 e. The molecule has 0 saturated heterocycles. The van der Waals surface area contributed by atoms with Gasteiger partial charge in [0.1, 0.15) is 6.54 Å². The van der Waals surface area contributed by atoms with E-state index in [-0.39, 0.29) is 16.2 Å². The summed E-state index contributed by atoms with van der Waals surface area (Å²) in [6.45, 7) is 1.39. The standard InChI is InChI=1S/C7H11BrN4O4S/c1-3-16-5(13)4-9-17(14,15)7-6(8)10-11-12(7)2/h9H,3-4H2,1-2H3. The van der Waals surface area contributed by atoms with E-state index in [1.807, 2.05) is 0 Å². The zero-order chi connectivity index (χ0) is 13.1. The molecule has 0 bridgehead atoms. The van der Waals surface area contributed by atoms with Crippen LogP contribution in [0, 0.1) is 0 Å². The van der Waals surface area contributed by atoms with Crippen molar-refractivity contribution >= 4 is 31.9 Å². The first-order valence-electron chi connectivity index (χ1n) is 4.59. The van der Waals surface area contributed by atoms with Crippen molar-refractivity contribution in [2.24, 2.45) is 7.05 Å². The lowest BCUT2D eigenvalue weighted by molar-refractivity contribution is -0.141. The fraction of sp³-hybridized carbons (Fsp3) is 0.571. The summed E-state index contributed by atoms with van der Waals surface area (Å²) in [5.41, 5.74) is 0. The molecule has 0 aromatic carbocycles. The number of rotatable bonds is 5. The molecule has 0 aliphatic rings. The summed E-state index contributed by atoms with van der Waals surface area (Å²) >= 11 is 2.96. The van der Waals surface area contributed by atoms with Crippen molar-refractivity contribution in [2.75, 3.05) is 13.2 Å². The van der Waals surface area contributed by atoms with E-state index in [0.29, 0.717) is 0 Å². The molecule has 17 heavy (non-hydrogen) atoms.